The van der Waals surface area contributed by atoms with E-state index < -0.39 is 0 Å². The van der Waals surface area contributed by atoms with E-state index in [0.29, 0.717) is 11.3 Å². The number of fused-ring (bicyclic) bond motifs is 3. The van der Waals surface area contributed by atoms with Gasteiger partial charge in [0.15, 0.2) is 6.29 Å². The molecule has 4 aliphatic rings. The standard InChI is InChI=1S/C18H22O2/c1-12-16-14-7-3-2-6-13(14)10-17-8-4-5-9-18(16,17)20-15(11-17)19-12/h2-3,6-7,12,15-16H,4-5,8-11H2,1H3/t12-,15+,16?,17+,18+/m0/s1. The van der Waals surface area contributed by atoms with Gasteiger partial charge in [-0.1, -0.05) is 37.1 Å². The maximum Gasteiger partial charge on any atom is 0.159 e. The molecule has 1 spiro atoms. The number of hydrogen-bond acceptors (Lipinski definition) is 2. The van der Waals surface area contributed by atoms with E-state index in [1.54, 1.807) is 5.56 Å². The van der Waals surface area contributed by atoms with Gasteiger partial charge in [-0.2, -0.15) is 0 Å². The lowest BCUT2D eigenvalue weighted by molar-refractivity contribution is -0.272. The molecule has 5 atom stereocenters. The van der Waals surface area contributed by atoms with Gasteiger partial charge in [0.2, 0.25) is 0 Å². The highest BCUT2D eigenvalue weighted by atomic mass is 16.7. The SMILES string of the molecule is C[C@@H]1O[C@H]2C[C@]34CCCC[C@@]3(O2)C1c1ccccc1C4. The fourth-order valence-electron chi connectivity index (χ4n) is 5.89. The van der Waals surface area contributed by atoms with E-state index in [-0.39, 0.29) is 18.0 Å². The van der Waals surface area contributed by atoms with Gasteiger partial charge in [-0.15, -0.1) is 0 Å². The third-order valence-corrected chi connectivity index (χ3v) is 6.51. The molecule has 3 fully saturated rings. The molecular weight excluding hydrogens is 248 g/mol. The summed E-state index contributed by atoms with van der Waals surface area (Å²) in [6.45, 7) is 2.26. The fraction of sp³-hybridized carbons (Fsp3) is 0.667. The van der Waals surface area contributed by atoms with Crippen LogP contribution in [0.15, 0.2) is 24.3 Å². The van der Waals surface area contributed by atoms with Crippen molar-refractivity contribution in [1.82, 2.24) is 0 Å². The van der Waals surface area contributed by atoms with E-state index in [4.69, 9.17) is 9.47 Å². The monoisotopic (exact) mass is 270 g/mol. The van der Waals surface area contributed by atoms with Crippen molar-refractivity contribution in [3.63, 3.8) is 0 Å². The summed E-state index contributed by atoms with van der Waals surface area (Å²) >= 11 is 0. The van der Waals surface area contributed by atoms with Crippen LogP contribution in [0, 0.1) is 5.41 Å². The van der Waals surface area contributed by atoms with Crippen molar-refractivity contribution in [3.05, 3.63) is 35.4 Å². The first-order valence-corrected chi connectivity index (χ1v) is 8.15. The summed E-state index contributed by atoms with van der Waals surface area (Å²) in [4.78, 5) is 0. The van der Waals surface area contributed by atoms with Gasteiger partial charge < -0.3 is 9.47 Å². The summed E-state index contributed by atoms with van der Waals surface area (Å²) in [7, 11) is 0. The average molecular weight is 270 g/mol. The van der Waals surface area contributed by atoms with Crippen LogP contribution in [0.2, 0.25) is 0 Å². The summed E-state index contributed by atoms with van der Waals surface area (Å²) in [5.74, 6) is 0.437. The minimum absolute atomic E-state index is 0.0497. The van der Waals surface area contributed by atoms with Crippen molar-refractivity contribution in [2.45, 2.75) is 69.4 Å². The molecule has 0 aromatic heterocycles. The molecule has 2 aliphatic carbocycles. The first kappa shape index (κ1) is 11.8. The fourth-order valence-corrected chi connectivity index (χ4v) is 5.89. The Labute approximate surface area is 120 Å². The molecule has 0 radical (unpaired) electrons. The molecule has 2 saturated heterocycles. The van der Waals surface area contributed by atoms with E-state index in [1.807, 2.05) is 0 Å². The second-order valence-corrected chi connectivity index (χ2v) is 7.32. The molecule has 1 saturated carbocycles. The van der Waals surface area contributed by atoms with Gasteiger partial charge in [-0.05, 0) is 37.3 Å². The van der Waals surface area contributed by atoms with Gasteiger partial charge in [0.1, 0.15) is 0 Å². The van der Waals surface area contributed by atoms with Gasteiger partial charge >= 0.3 is 0 Å². The van der Waals surface area contributed by atoms with E-state index in [9.17, 15) is 0 Å². The zero-order chi connectivity index (χ0) is 13.4. The van der Waals surface area contributed by atoms with Crippen LogP contribution in [-0.2, 0) is 15.9 Å². The predicted molar refractivity (Wildman–Crippen MR) is 76.6 cm³/mol. The molecule has 1 aromatic rings. The summed E-state index contributed by atoms with van der Waals surface area (Å²) < 4.78 is 12.8. The van der Waals surface area contributed by atoms with Crippen molar-refractivity contribution in [3.8, 4) is 0 Å². The Morgan fingerprint density at radius 3 is 2.95 bits per heavy atom. The van der Waals surface area contributed by atoms with Gasteiger partial charge in [0.05, 0.1) is 11.7 Å². The zero-order valence-corrected chi connectivity index (χ0v) is 12.1. The number of rotatable bonds is 0. The Morgan fingerprint density at radius 2 is 2.00 bits per heavy atom. The van der Waals surface area contributed by atoms with E-state index in [2.05, 4.69) is 31.2 Å². The molecule has 0 amide bonds. The van der Waals surface area contributed by atoms with Crippen LogP contribution < -0.4 is 0 Å². The number of hydrogen-bond donors (Lipinski definition) is 0. The minimum atomic E-state index is 0.0497. The van der Waals surface area contributed by atoms with Crippen LogP contribution in [0.3, 0.4) is 0 Å². The van der Waals surface area contributed by atoms with Gasteiger partial charge in [-0.25, -0.2) is 0 Å². The molecule has 2 aliphatic heterocycles. The Morgan fingerprint density at radius 1 is 1.15 bits per heavy atom. The molecule has 1 unspecified atom stereocenters. The topological polar surface area (TPSA) is 18.5 Å². The van der Waals surface area contributed by atoms with Crippen molar-refractivity contribution in [1.29, 1.82) is 0 Å². The minimum Gasteiger partial charge on any atom is -0.349 e. The average Bonchev–Trinajstić information content (AvgIpc) is 2.73. The lowest BCUT2D eigenvalue weighted by atomic mass is 9.51. The van der Waals surface area contributed by atoms with Crippen LogP contribution >= 0.6 is 0 Å². The molecule has 20 heavy (non-hydrogen) atoms. The largest absolute Gasteiger partial charge is 0.349 e. The summed E-state index contributed by atoms with van der Waals surface area (Å²) in [5, 5.41) is 0. The quantitative estimate of drug-likeness (QED) is 0.714. The molecule has 0 N–H and O–H groups in total. The summed E-state index contributed by atoms with van der Waals surface area (Å²) in [6, 6.07) is 9.02. The van der Waals surface area contributed by atoms with Gasteiger partial charge in [0, 0.05) is 17.8 Å². The van der Waals surface area contributed by atoms with Crippen LogP contribution in [0.1, 0.15) is 56.1 Å². The van der Waals surface area contributed by atoms with Gasteiger partial charge in [-0.3, -0.25) is 0 Å². The second-order valence-electron chi connectivity index (χ2n) is 7.32. The molecule has 106 valence electrons. The maximum absolute atomic E-state index is 6.55. The van der Waals surface area contributed by atoms with Crippen LogP contribution in [-0.4, -0.2) is 18.0 Å². The van der Waals surface area contributed by atoms with Crippen LogP contribution in [0.5, 0.6) is 0 Å². The molecular formula is C18H22O2. The third-order valence-electron chi connectivity index (χ3n) is 6.51. The van der Waals surface area contributed by atoms with Gasteiger partial charge in [0.25, 0.3) is 0 Å². The highest BCUT2D eigenvalue weighted by Crippen LogP contribution is 2.68. The maximum atomic E-state index is 6.55. The summed E-state index contributed by atoms with van der Waals surface area (Å²) in [5.41, 5.74) is 3.47. The Balaban J connectivity index is 1.78. The first-order chi connectivity index (χ1) is 9.74. The van der Waals surface area contributed by atoms with Crippen molar-refractivity contribution < 1.29 is 9.47 Å². The second kappa shape index (κ2) is 3.66. The molecule has 5 rings (SSSR count). The third kappa shape index (κ3) is 1.19. The molecule has 2 heteroatoms. The first-order valence-electron chi connectivity index (χ1n) is 8.15. The smallest absolute Gasteiger partial charge is 0.159 e. The van der Waals surface area contributed by atoms with E-state index in [0.717, 1.165) is 6.42 Å². The van der Waals surface area contributed by atoms with E-state index in [1.165, 1.54) is 37.7 Å². The van der Waals surface area contributed by atoms with Crippen LogP contribution in [0.4, 0.5) is 0 Å². The summed E-state index contributed by atoms with van der Waals surface area (Å²) in [6.07, 6.45) is 7.89. The van der Waals surface area contributed by atoms with E-state index >= 15 is 0 Å². The van der Waals surface area contributed by atoms with Crippen molar-refractivity contribution in [2.75, 3.05) is 0 Å². The Kier molecular flexibility index (Phi) is 2.15. The normalized spacial score (nSPS) is 48.5. The number of ether oxygens (including phenoxy) is 2. The predicted octanol–water partition coefficient (Wildman–Crippen LogP) is 3.79. The Bertz CT molecular complexity index is 566. The number of benzene rings is 1. The lowest BCUT2D eigenvalue weighted by Gasteiger charge is -2.57. The highest BCUT2D eigenvalue weighted by molar-refractivity contribution is 5.42. The highest BCUT2D eigenvalue weighted by Gasteiger charge is 2.69. The lowest BCUT2D eigenvalue weighted by Crippen LogP contribution is -2.59. The van der Waals surface area contributed by atoms with Crippen LogP contribution in [0.25, 0.3) is 0 Å². The molecule has 2 nitrogen and oxygen atoms in total. The molecule has 1 aromatic carbocycles. The molecule has 2 bridgehead atoms. The zero-order valence-electron chi connectivity index (χ0n) is 12.1. The molecule has 2 heterocycles. The van der Waals surface area contributed by atoms with Crippen molar-refractivity contribution in [2.24, 2.45) is 5.41 Å². The van der Waals surface area contributed by atoms with Crippen molar-refractivity contribution >= 4 is 0 Å². The Hall–Kier alpha value is -0.860.